The van der Waals surface area contributed by atoms with E-state index in [1.807, 2.05) is 9.80 Å². The summed E-state index contributed by atoms with van der Waals surface area (Å²) in [6.45, 7) is 6.08. The summed E-state index contributed by atoms with van der Waals surface area (Å²) in [6.07, 6.45) is -3.40. The maximum absolute atomic E-state index is 14.5. The van der Waals surface area contributed by atoms with Crippen molar-refractivity contribution in [2.75, 3.05) is 36.0 Å². The third-order valence-electron chi connectivity index (χ3n) is 6.59. The number of amides is 1. The smallest absolute Gasteiger partial charge is 0.365 e. The summed E-state index contributed by atoms with van der Waals surface area (Å²) in [5.74, 6) is -0.587. The van der Waals surface area contributed by atoms with E-state index in [2.05, 4.69) is 19.2 Å². The van der Waals surface area contributed by atoms with Crippen LogP contribution < -0.4 is 15.1 Å². The average Bonchev–Trinajstić information content (AvgIpc) is 2.77. The number of benzene rings is 2. The molecule has 2 aliphatic heterocycles. The molecule has 2 aromatic rings. The Hall–Kier alpha value is -2.77. The van der Waals surface area contributed by atoms with Crippen LogP contribution in [0.25, 0.3) is 0 Å². The van der Waals surface area contributed by atoms with E-state index in [-0.39, 0.29) is 24.2 Å². The Morgan fingerprint density at radius 3 is 2.58 bits per heavy atom. The van der Waals surface area contributed by atoms with Crippen LogP contribution in [0.5, 0.6) is 0 Å². The number of nitrogens with zero attached hydrogens (tertiary/aromatic N) is 2. The van der Waals surface area contributed by atoms with E-state index in [1.54, 1.807) is 18.2 Å². The largest absolute Gasteiger partial charge is 0.416 e. The summed E-state index contributed by atoms with van der Waals surface area (Å²) < 4.78 is 54.4. The molecule has 0 aromatic heterocycles. The van der Waals surface area contributed by atoms with Gasteiger partial charge in [0.05, 0.1) is 23.2 Å². The predicted molar refractivity (Wildman–Crippen MR) is 121 cm³/mol. The van der Waals surface area contributed by atoms with Gasteiger partial charge in [-0.15, -0.1) is 0 Å². The average molecular weight is 464 g/mol. The van der Waals surface area contributed by atoms with Crippen molar-refractivity contribution in [3.8, 4) is 0 Å². The predicted octanol–water partition coefficient (Wildman–Crippen LogP) is 4.87. The van der Waals surface area contributed by atoms with Gasteiger partial charge < -0.3 is 15.1 Å². The summed E-state index contributed by atoms with van der Waals surface area (Å²) in [7, 11) is 0. The van der Waals surface area contributed by atoms with Gasteiger partial charge in [-0.2, -0.15) is 13.2 Å². The fourth-order valence-corrected chi connectivity index (χ4v) is 4.84. The summed E-state index contributed by atoms with van der Waals surface area (Å²) in [4.78, 5) is 17.1. The van der Waals surface area contributed by atoms with Gasteiger partial charge in [0.25, 0.3) is 0 Å². The molecule has 1 saturated heterocycles. The SMILES string of the molecule is CC(C)CCNC(=O)C1Cc2cc(C(F)(F)F)ccc2N2CCN(c3ccccc3F)CC12. The fraction of sp³-hybridized carbons (Fsp3) is 0.480. The van der Waals surface area contributed by atoms with Crippen LogP contribution in [0.2, 0.25) is 0 Å². The number of hydrogen-bond acceptors (Lipinski definition) is 3. The maximum atomic E-state index is 14.5. The van der Waals surface area contributed by atoms with E-state index in [1.165, 1.54) is 18.2 Å². The fourth-order valence-electron chi connectivity index (χ4n) is 4.84. The van der Waals surface area contributed by atoms with E-state index < -0.39 is 17.7 Å². The molecule has 0 spiro atoms. The van der Waals surface area contributed by atoms with Gasteiger partial charge in [-0.25, -0.2) is 4.39 Å². The number of para-hydroxylation sites is 1. The zero-order valence-electron chi connectivity index (χ0n) is 18.8. The number of piperazine rings is 1. The van der Waals surface area contributed by atoms with Crippen LogP contribution in [0.15, 0.2) is 42.5 Å². The molecule has 0 bridgehead atoms. The zero-order chi connectivity index (χ0) is 23.8. The zero-order valence-corrected chi connectivity index (χ0v) is 18.8. The summed E-state index contributed by atoms with van der Waals surface area (Å²) in [6, 6.07) is 10.1. The minimum atomic E-state index is -4.44. The van der Waals surface area contributed by atoms with Crippen molar-refractivity contribution < 1.29 is 22.4 Å². The van der Waals surface area contributed by atoms with Gasteiger partial charge in [0.15, 0.2) is 0 Å². The number of carbonyl (C=O) groups excluding carboxylic acids is 1. The van der Waals surface area contributed by atoms with Gasteiger partial charge >= 0.3 is 6.18 Å². The molecular weight excluding hydrogens is 434 g/mol. The first kappa shape index (κ1) is 23.4. The van der Waals surface area contributed by atoms with E-state index in [0.717, 1.165) is 18.2 Å². The van der Waals surface area contributed by atoms with Crippen molar-refractivity contribution >= 4 is 17.3 Å². The van der Waals surface area contributed by atoms with Crippen LogP contribution in [0.3, 0.4) is 0 Å². The van der Waals surface area contributed by atoms with Gasteiger partial charge in [-0.1, -0.05) is 26.0 Å². The number of rotatable bonds is 5. The molecule has 178 valence electrons. The first-order valence-corrected chi connectivity index (χ1v) is 11.4. The minimum absolute atomic E-state index is 0.163. The highest BCUT2D eigenvalue weighted by atomic mass is 19.4. The molecular formula is C25H29F4N3O. The van der Waals surface area contributed by atoms with E-state index in [9.17, 15) is 22.4 Å². The molecule has 4 rings (SSSR count). The third-order valence-corrected chi connectivity index (χ3v) is 6.59. The van der Waals surface area contributed by atoms with Crippen LogP contribution in [-0.4, -0.2) is 38.1 Å². The third kappa shape index (κ3) is 4.94. The second-order valence-corrected chi connectivity index (χ2v) is 9.28. The molecule has 8 heteroatoms. The number of carbonyl (C=O) groups is 1. The Bertz CT molecular complexity index is 1010. The highest BCUT2D eigenvalue weighted by molar-refractivity contribution is 5.82. The molecule has 0 radical (unpaired) electrons. The molecule has 4 nitrogen and oxygen atoms in total. The lowest BCUT2D eigenvalue weighted by Crippen LogP contribution is -2.61. The minimum Gasteiger partial charge on any atom is -0.365 e. The molecule has 1 N–H and O–H groups in total. The van der Waals surface area contributed by atoms with Gasteiger partial charge in [0, 0.05) is 31.9 Å². The molecule has 2 unspecified atom stereocenters. The topological polar surface area (TPSA) is 35.6 Å². The number of nitrogens with one attached hydrogen (secondary N) is 1. The molecule has 0 saturated carbocycles. The molecule has 2 aromatic carbocycles. The Balaban J connectivity index is 1.65. The number of anilines is 2. The summed E-state index contributed by atoms with van der Waals surface area (Å²) in [5.41, 5.74) is 1.04. The lowest BCUT2D eigenvalue weighted by molar-refractivity contribution is -0.137. The second-order valence-electron chi connectivity index (χ2n) is 9.28. The van der Waals surface area contributed by atoms with Crippen LogP contribution in [-0.2, 0) is 17.4 Å². The Kier molecular flexibility index (Phi) is 6.54. The first-order valence-electron chi connectivity index (χ1n) is 11.4. The molecule has 1 amide bonds. The van der Waals surface area contributed by atoms with Gasteiger partial charge in [0.2, 0.25) is 5.91 Å². The first-order chi connectivity index (χ1) is 15.6. The summed E-state index contributed by atoms with van der Waals surface area (Å²) in [5, 5.41) is 2.98. The normalized spacial score (nSPS) is 20.5. The Labute approximate surface area is 191 Å². The van der Waals surface area contributed by atoms with Crippen LogP contribution >= 0.6 is 0 Å². The van der Waals surface area contributed by atoms with Crippen molar-refractivity contribution in [2.45, 2.75) is 38.9 Å². The van der Waals surface area contributed by atoms with Crippen molar-refractivity contribution in [3.63, 3.8) is 0 Å². The molecule has 2 atom stereocenters. The van der Waals surface area contributed by atoms with Crippen molar-refractivity contribution in [1.29, 1.82) is 0 Å². The molecule has 0 aliphatic carbocycles. The lowest BCUT2D eigenvalue weighted by atomic mass is 9.82. The molecule has 2 heterocycles. The van der Waals surface area contributed by atoms with E-state index in [4.69, 9.17) is 0 Å². The number of alkyl halides is 3. The van der Waals surface area contributed by atoms with Gasteiger partial charge in [-0.05, 0) is 54.7 Å². The summed E-state index contributed by atoms with van der Waals surface area (Å²) >= 11 is 0. The maximum Gasteiger partial charge on any atom is 0.416 e. The highest BCUT2D eigenvalue weighted by Gasteiger charge is 2.43. The van der Waals surface area contributed by atoms with Crippen LogP contribution in [0.1, 0.15) is 31.4 Å². The second kappa shape index (κ2) is 9.23. The van der Waals surface area contributed by atoms with E-state index >= 15 is 0 Å². The quantitative estimate of drug-likeness (QED) is 0.643. The number of fused-ring (bicyclic) bond motifs is 3. The molecule has 33 heavy (non-hydrogen) atoms. The van der Waals surface area contributed by atoms with Crippen molar-refractivity contribution in [2.24, 2.45) is 11.8 Å². The van der Waals surface area contributed by atoms with Crippen molar-refractivity contribution in [3.05, 3.63) is 59.4 Å². The Morgan fingerprint density at radius 2 is 1.88 bits per heavy atom. The monoisotopic (exact) mass is 463 g/mol. The van der Waals surface area contributed by atoms with Gasteiger partial charge in [-0.3, -0.25) is 4.79 Å². The number of halogens is 4. The van der Waals surface area contributed by atoms with Crippen molar-refractivity contribution in [1.82, 2.24) is 5.32 Å². The standard InChI is InChI=1S/C25H29F4N3O/c1-16(2)9-10-30-24(33)19-14-17-13-18(25(27,28)29)7-8-21(17)32-12-11-31(15-23(19)32)22-6-4-3-5-20(22)26/h3-8,13,16,19,23H,9-12,14-15H2,1-2H3,(H,30,33). The Morgan fingerprint density at radius 1 is 1.12 bits per heavy atom. The molecule has 1 fully saturated rings. The van der Waals surface area contributed by atoms with Crippen LogP contribution in [0, 0.1) is 17.7 Å². The van der Waals surface area contributed by atoms with Gasteiger partial charge in [0.1, 0.15) is 5.82 Å². The lowest BCUT2D eigenvalue weighted by Gasteiger charge is -2.49. The highest BCUT2D eigenvalue weighted by Crippen LogP contribution is 2.40. The van der Waals surface area contributed by atoms with Crippen LogP contribution in [0.4, 0.5) is 28.9 Å². The molecule has 2 aliphatic rings. The van der Waals surface area contributed by atoms with E-state index in [0.29, 0.717) is 43.3 Å². The number of hydrogen-bond donors (Lipinski definition) is 1.